The number of carbonyl (C=O) groups excluding carboxylic acids is 2. The Kier molecular flexibility index (Phi) is 8.23. The number of rotatable bonds is 9. The minimum atomic E-state index is -1.20. The Balaban J connectivity index is 2.29. The molecule has 0 N–H and O–H groups in total. The highest BCUT2D eigenvalue weighted by Crippen LogP contribution is 2.29. The summed E-state index contributed by atoms with van der Waals surface area (Å²) in [5.41, 5.74) is -0.135. The van der Waals surface area contributed by atoms with Gasteiger partial charge in [-0.1, -0.05) is 43.6 Å². The van der Waals surface area contributed by atoms with Gasteiger partial charge in [-0.25, -0.2) is 4.79 Å². The van der Waals surface area contributed by atoms with E-state index in [2.05, 4.69) is 18.7 Å². The van der Waals surface area contributed by atoms with E-state index in [1.807, 2.05) is 6.07 Å². The molecule has 0 saturated carbocycles. The summed E-state index contributed by atoms with van der Waals surface area (Å²) in [6.07, 6.45) is 0. The maximum Gasteiger partial charge on any atom is 0.331 e. The van der Waals surface area contributed by atoms with Crippen molar-refractivity contribution in [2.24, 2.45) is 0 Å². The van der Waals surface area contributed by atoms with E-state index in [-0.39, 0.29) is 12.5 Å². The highest BCUT2D eigenvalue weighted by atomic mass is 35.5. The highest BCUT2D eigenvalue weighted by Gasteiger charge is 2.40. The van der Waals surface area contributed by atoms with Gasteiger partial charge in [-0.05, 0) is 63.3 Å². The number of nitrogens with zero attached hydrogens (tertiary/aromatic N) is 2. The van der Waals surface area contributed by atoms with Gasteiger partial charge in [0.15, 0.2) is 0 Å². The molecule has 0 aliphatic heterocycles. The zero-order valence-corrected chi connectivity index (χ0v) is 18.3. The first-order chi connectivity index (χ1) is 13.8. The lowest BCUT2D eigenvalue weighted by Crippen LogP contribution is -2.54. The first kappa shape index (κ1) is 22.9. The van der Waals surface area contributed by atoms with Gasteiger partial charge in [-0.2, -0.15) is 0 Å². The van der Waals surface area contributed by atoms with E-state index >= 15 is 0 Å². The molecule has 2 aromatic rings. The Bertz CT molecular complexity index is 803. The smallest absolute Gasteiger partial charge is 0.331 e. The van der Waals surface area contributed by atoms with Gasteiger partial charge in [0.2, 0.25) is 0 Å². The summed E-state index contributed by atoms with van der Waals surface area (Å²) >= 11 is 6.02. The van der Waals surface area contributed by atoms with E-state index in [1.54, 1.807) is 62.4 Å². The molecule has 29 heavy (non-hydrogen) atoms. The number of benzene rings is 2. The molecule has 0 atom stereocenters. The van der Waals surface area contributed by atoms with Crippen LogP contribution in [0.25, 0.3) is 0 Å². The quantitative estimate of drug-likeness (QED) is 0.558. The average molecular weight is 417 g/mol. The fourth-order valence-electron chi connectivity index (χ4n) is 3.07. The molecular weight excluding hydrogens is 388 g/mol. The van der Waals surface area contributed by atoms with Crippen LogP contribution in [-0.4, -0.2) is 48.6 Å². The third-order valence-corrected chi connectivity index (χ3v) is 5.15. The van der Waals surface area contributed by atoms with Crippen molar-refractivity contribution < 1.29 is 14.3 Å². The number of esters is 1. The molecule has 0 aliphatic rings. The largest absolute Gasteiger partial charge is 0.463 e. The van der Waals surface area contributed by atoms with E-state index in [0.717, 1.165) is 13.1 Å². The van der Waals surface area contributed by atoms with Crippen LogP contribution >= 0.6 is 11.6 Å². The van der Waals surface area contributed by atoms with Crippen LogP contribution < -0.4 is 4.90 Å². The van der Waals surface area contributed by atoms with Crippen LogP contribution in [0.3, 0.4) is 0 Å². The van der Waals surface area contributed by atoms with E-state index in [4.69, 9.17) is 16.3 Å². The Labute approximate surface area is 178 Å². The summed E-state index contributed by atoms with van der Waals surface area (Å²) in [6, 6.07) is 15.7. The summed E-state index contributed by atoms with van der Waals surface area (Å²) < 4.78 is 5.55. The van der Waals surface area contributed by atoms with Gasteiger partial charge in [-0.3, -0.25) is 9.69 Å². The minimum absolute atomic E-state index is 0.276. The third-order valence-electron chi connectivity index (χ3n) is 4.90. The minimum Gasteiger partial charge on any atom is -0.463 e. The average Bonchev–Trinajstić information content (AvgIpc) is 2.73. The molecule has 0 heterocycles. The summed E-state index contributed by atoms with van der Waals surface area (Å²) in [5, 5.41) is 0.556. The maximum absolute atomic E-state index is 13.3. The molecule has 2 aromatic carbocycles. The van der Waals surface area contributed by atoms with E-state index in [9.17, 15) is 9.59 Å². The van der Waals surface area contributed by atoms with Gasteiger partial charge >= 0.3 is 5.97 Å². The molecule has 0 bridgehead atoms. The van der Waals surface area contributed by atoms with Crippen molar-refractivity contribution in [2.75, 3.05) is 31.1 Å². The second kappa shape index (κ2) is 10.4. The van der Waals surface area contributed by atoms with Crippen molar-refractivity contribution in [1.82, 2.24) is 4.90 Å². The molecule has 0 radical (unpaired) electrons. The second-order valence-electron chi connectivity index (χ2n) is 7.20. The van der Waals surface area contributed by atoms with Gasteiger partial charge in [0.05, 0.1) is 0 Å². The molecule has 6 heteroatoms. The first-order valence-electron chi connectivity index (χ1n) is 9.86. The Morgan fingerprint density at radius 2 is 1.55 bits per heavy atom. The number of hydrogen-bond acceptors (Lipinski definition) is 4. The van der Waals surface area contributed by atoms with Gasteiger partial charge in [0.1, 0.15) is 12.1 Å². The zero-order chi connectivity index (χ0) is 21.4. The Morgan fingerprint density at radius 1 is 0.966 bits per heavy atom. The fourth-order valence-corrected chi connectivity index (χ4v) is 3.20. The van der Waals surface area contributed by atoms with Crippen LogP contribution in [0.4, 0.5) is 5.69 Å². The van der Waals surface area contributed by atoms with E-state index in [0.29, 0.717) is 22.8 Å². The van der Waals surface area contributed by atoms with Crippen LogP contribution in [0.5, 0.6) is 0 Å². The number of anilines is 1. The van der Waals surface area contributed by atoms with E-state index < -0.39 is 11.5 Å². The molecule has 0 saturated heterocycles. The molecule has 0 fully saturated rings. The summed E-state index contributed by atoms with van der Waals surface area (Å²) in [6.45, 7) is 10.2. The molecule has 2 rings (SSSR count). The Morgan fingerprint density at radius 3 is 2.10 bits per heavy atom. The second-order valence-corrected chi connectivity index (χ2v) is 7.64. The predicted molar refractivity (Wildman–Crippen MR) is 118 cm³/mol. The molecular formula is C23H29ClN2O3. The standard InChI is InChI=1S/C23H29ClN2O3/c1-5-25(6-2)16-17-29-22(28)23(3,4)26(20-14-12-19(24)13-15-20)21(27)18-10-8-7-9-11-18/h7-15H,5-6,16-17H2,1-4H3. The molecule has 5 nitrogen and oxygen atoms in total. The summed E-state index contributed by atoms with van der Waals surface area (Å²) in [7, 11) is 0. The van der Waals surface area contributed by atoms with Crippen LogP contribution in [-0.2, 0) is 9.53 Å². The Hall–Kier alpha value is -2.37. The molecule has 0 aromatic heterocycles. The topological polar surface area (TPSA) is 49.9 Å². The number of likely N-dealkylation sites (N-methyl/N-ethyl adjacent to an activating group) is 1. The highest BCUT2D eigenvalue weighted by molar-refractivity contribution is 6.30. The lowest BCUT2D eigenvalue weighted by atomic mass is 9.99. The van der Waals surface area contributed by atoms with Crippen LogP contribution in [0.15, 0.2) is 54.6 Å². The van der Waals surface area contributed by atoms with Crippen LogP contribution in [0.1, 0.15) is 38.1 Å². The van der Waals surface area contributed by atoms with Crippen molar-refractivity contribution >= 4 is 29.2 Å². The summed E-state index contributed by atoms with van der Waals surface area (Å²) in [4.78, 5) is 30.0. The zero-order valence-electron chi connectivity index (χ0n) is 17.5. The van der Waals surface area contributed by atoms with Gasteiger partial charge < -0.3 is 9.64 Å². The molecule has 0 spiro atoms. The normalized spacial score (nSPS) is 11.4. The van der Waals surface area contributed by atoms with Crippen molar-refractivity contribution in [3.63, 3.8) is 0 Å². The maximum atomic E-state index is 13.3. The number of ether oxygens (including phenoxy) is 1. The van der Waals surface area contributed by atoms with Crippen molar-refractivity contribution in [3.8, 4) is 0 Å². The lowest BCUT2D eigenvalue weighted by Gasteiger charge is -2.36. The molecule has 1 amide bonds. The number of carbonyl (C=O) groups is 2. The van der Waals surface area contributed by atoms with Gasteiger partial charge in [0, 0.05) is 22.8 Å². The van der Waals surface area contributed by atoms with Gasteiger partial charge in [0.25, 0.3) is 5.91 Å². The number of hydrogen-bond donors (Lipinski definition) is 0. The third kappa shape index (κ3) is 5.81. The lowest BCUT2D eigenvalue weighted by molar-refractivity contribution is -0.149. The van der Waals surface area contributed by atoms with E-state index in [1.165, 1.54) is 4.90 Å². The van der Waals surface area contributed by atoms with Crippen LogP contribution in [0.2, 0.25) is 5.02 Å². The van der Waals surface area contributed by atoms with Crippen molar-refractivity contribution in [2.45, 2.75) is 33.2 Å². The fraction of sp³-hybridized carbons (Fsp3) is 0.391. The monoisotopic (exact) mass is 416 g/mol. The van der Waals surface area contributed by atoms with Crippen molar-refractivity contribution in [3.05, 3.63) is 65.2 Å². The first-order valence-corrected chi connectivity index (χ1v) is 10.2. The van der Waals surface area contributed by atoms with Crippen molar-refractivity contribution in [1.29, 1.82) is 0 Å². The number of amides is 1. The molecule has 0 aliphatic carbocycles. The number of halogens is 1. The SMILES string of the molecule is CCN(CC)CCOC(=O)C(C)(C)N(C(=O)c1ccccc1)c1ccc(Cl)cc1. The summed E-state index contributed by atoms with van der Waals surface area (Å²) in [5.74, 6) is -0.734. The van der Waals surface area contributed by atoms with Crippen LogP contribution in [0, 0.1) is 0 Å². The molecule has 0 unspecified atom stereocenters. The van der Waals surface area contributed by atoms with Gasteiger partial charge in [-0.15, -0.1) is 0 Å². The molecule has 156 valence electrons. The predicted octanol–water partition coefficient (Wildman–Crippen LogP) is 4.65.